The summed E-state index contributed by atoms with van der Waals surface area (Å²) in [6.45, 7) is 1.84. The van der Waals surface area contributed by atoms with Crippen molar-refractivity contribution in [3.63, 3.8) is 0 Å². The number of nitrogens with zero attached hydrogens (tertiary/aromatic N) is 1. The van der Waals surface area contributed by atoms with Crippen molar-refractivity contribution >= 4 is 12.1 Å². The van der Waals surface area contributed by atoms with E-state index in [2.05, 4.69) is 0 Å². The van der Waals surface area contributed by atoms with Gasteiger partial charge in [0.2, 0.25) is 0 Å². The van der Waals surface area contributed by atoms with E-state index < -0.39 is 0 Å². The summed E-state index contributed by atoms with van der Waals surface area (Å²) in [5.74, 6) is 1.01. The molecule has 2 heterocycles. The fourth-order valence-electron chi connectivity index (χ4n) is 3.04. The molecule has 0 saturated heterocycles. The molecule has 19 heavy (non-hydrogen) atoms. The largest absolute Gasteiger partial charge is 0.469 e. The lowest BCUT2D eigenvalue weighted by molar-refractivity contribution is 0.0958. The number of carbonyl (C=O) groups is 2. The summed E-state index contributed by atoms with van der Waals surface area (Å²) in [4.78, 5) is 23.5. The van der Waals surface area contributed by atoms with Gasteiger partial charge in [0, 0.05) is 30.6 Å². The first kappa shape index (κ1) is 12.0. The van der Waals surface area contributed by atoms with Gasteiger partial charge in [-0.05, 0) is 31.0 Å². The van der Waals surface area contributed by atoms with Crippen LogP contribution in [-0.4, -0.2) is 16.6 Å². The van der Waals surface area contributed by atoms with Gasteiger partial charge in [0.15, 0.2) is 12.1 Å². The van der Waals surface area contributed by atoms with E-state index in [4.69, 9.17) is 4.42 Å². The summed E-state index contributed by atoms with van der Waals surface area (Å²) in [6.07, 6.45) is 3.63. The average Bonchev–Trinajstić information content (AvgIpc) is 2.98. The van der Waals surface area contributed by atoms with Gasteiger partial charge in [0.05, 0.1) is 12.0 Å². The van der Waals surface area contributed by atoms with Crippen LogP contribution in [0.2, 0.25) is 0 Å². The number of hydrogen-bond acceptors (Lipinski definition) is 3. The average molecular weight is 257 g/mol. The van der Waals surface area contributed by atoms with E-state index in [9.17, 15) is 9.59 Å². The number of furan rings is 1. The lowest BCUT2D eigenvalue weighted by Crippen LogP contribution is -2.19. The third-order valence-electron chi connectivity index (χ3n) is 4.02. The van der Waals surface area contributed by atoms with Crippen LogP contribution in [0.4, 0.5) is 0 Å². The number of Topliss-reactive ketones (excluding diaryl/α,β-unsaturated/α-hetero) is 1. The molecule has 0 amide bonds. The Kier molecular flexibility index (Phi) is 2.66. The maximum absolute atomic E-state index is 12.3. The van der Waals surface area contributed by atoms with Crippen molar-refractivity contribution in [2.45, 2.75) is 25.7 Å². The molecule has 4 heteroatoms. The number of fused-ring (bicyclic) bond motifs is 1. The Morgan fingerprint density at radius 2 is 2.21 bits per heavy atom. The highest BCUT2D eigenvalue weighted by Gasteiger charge is 2.33. The van der Waals surface area contributed by atoms with Crippen molar-refractivity contribution in [3.8, 4) is 0 Å². The minimum absolute atomic E-state index is 0.0718. The first-order valence-corrected chi connectivity index (χ1v) is 6.33. The van der Waals surface area contributed by atoms with Crippen molar-refractivity contribution in [2.24, 2.45) is 7.05 Å². The van der Waals surface area contributed by atoms with E-state index in [0.717, 1.165) is 35.3 Å². The second-order valence-electron chi connectivity index (χ2n) is 5.05. The third-order valence-corrected chi connectivity index (χ3v) is 4.02. The topological polar surface area (TPSA) is 52.2 Å². The number of aldehydes is 1. The Balaban J connectivity index is 2.10. The zero-order valence-corrected chi connectivity index (χ0v) is 11.0. The fourth-order valence-corrected chi connectivity index (χ4v) is 3.04. The first-order chi connectivity index (χ1) is 9.13. The Bertz CT molecular complexity index is 649. The van der Waals surface area contributed by atoms with Gasteiger partial charge in [0.1, 0.15) is 5.76 Å². The molecule has 0 saturated carbocycles. The number of ketones is 1. The van der Waals surface area contributed by atoms with Gasteiger partial charge in [-0.15, -0.1) is 0 Å². The minimum atomic E-state index is 0.0718. The molecule has 0 spiro atoms. The Morgan fingerprint density at radius 1 is 1.42 bits per heavy atom. The normalized spacial score (nSPS) is 18.4. The maximum atomic E-state index is 12.3. The molecule has 1 atom stereocenters. The number of hydrogen-bond donors (Lipinski definition) is 0. The van der Waals surface area contributed by atoms with E-state index >= 15 is 0 Å². The molecule has 0 aliphatic heterocycles. The number of carbonyl (C=O) groups excluding carboxylic acids is 2. The number of aromatic nitrogens is 1. The molecule has 98 valence electrons. The molecule has 0 aromatic carbocycles. The molecule has 2 aromatic rings. The molecular formula is C15H15NO3. The first-order valence-electron chi connectivity index (χ1n) is 6.33. The summed E-state index contributed by atoms with van der Waals surface area (Å²) in [7, 11) is 1.84. The summed E-state index contributed by atoms with van der Waals surface area (Å²) >= 11 is 0. The van der Waals surface area contributed by atoms with Gasteiger partial charge < -0.3 is 8.98 Å². The molecule has 0 bridgehead atoms. The van der Waals surface area contributed by atoms with Crippen molar-refractivity contribution in [3.05, 3.63) is 46.7 Å². The van der Waals surface area contributed by atoms with Gasteiger partial charge >= 0.3 is 0 Å². The molecule has 0 radical (unpaired) electrons. The van der Waals surface area contributed by atoms with E-state index in [1.54, 1.807) is 6.26 Å². The zero-order valence-electron chi connectivity index (χ0n) is 11.0. The molecule has 4 nitrogen and oxygen atoms in total. The van der Waals surface area contributed by atoms with Crippen molar-refractivity contribution < 1.29 is 14.0 Å². The molecular weight excluding hydrogens is 242 g/mol. The van der Waals surface area contributed by atoms with Gasteiger partial charge in [-0.2, -0.15) is 0 Å². The molecule has 1 unspecified atom stereocenters. The monoisotopic (exact) mass is 257 g/mol. The van der Waals surface area contributed by atoms with E-state index in [-0.39, 0.29) is 11.7 Å². The SMILES string of the molecule is Cc1c2c(n(C)c1C=O)CC(c1ccco1)CC2=O. The predicted molar refractivity (Wildman–Crippen MR) is 69.6 cm³/mol. The predicted octanol–water partition coefficient (Wildman–Crippen LogP) is 2.65. The molecule has 2 aromatic heterocycles. The van der Waals surface area contributed by atoms with Crippen LogP contribution in [0.5, 0.6) is 0 Å². The van der Waals surface area contributed by atoms with Crippen molar-refractivity contribution in [1.82, 2.24) is 4.57 Å². The molecule has 0 fully saturated rings. The minimum Gasteiger partial charge on any atom is -0.469 e. The second kappa shape index (κ2) is 4.23. The highest BCUT2D eigenvalue weighted by molar-refractivity contribution is 6.02. The molecule has 3 rings (SSSR count). The van der Waals surface area contributed by atoms with Crippen LogP contribution in [-0.2, 0) is 13.5 Å². The van der Waals surface area contributed by atoms with Crippen LogP contribution < -0.4 is 0 Å². The Labute approximate surface area is 111 Å². The fraction of sp³-hybridized carbons (Fsp3) is 0.333. The molecule has 0 N–H and O–H groups in total. The lowest BCUT2D eigenvalue weighted by Gasteiger charge is -2.21. The summed E-state index contributed by atoms with van der Waals surface area (Å²) in [5.41, 5.74) is 3.07. The second-order valence-corrected chi connectivity index (χ2v) is 5.05. The standard InChI is InChI=1S/C15H15NO3/c1-9-12(8-17)16(2)11-6-10(7-13(18)15(9)11)14-4-3-5-19-14/h3-5,8,10H,6-7H2,1-2H3. The smallest absolute Gasteiger partial charge is 0.166 e. The lowest BCUT2D eigenvalue weighted by atomic mass is 9.84. The van der Waals surface area contributed by atoms with Crippen LogP contribution in [0.25, 0.3) is 0 Å². The summed E-state index contributed by atoms with van der Waals surface area (Å²) in [5, 5.41) is 0. The molecule has 1 aliphatic rings. The van der Waals surface area contributed by atoms with Crippen LogP contribution >= 0.6 is 0 Å². The van der Waals surface area contributed by atoms with Crippen LogP contribution in [0.15, 0.2) is 22.8 Å². The Hall–Kier alpha value is -2.10. The van der Waals surface area contributed by atoms with Crippen LogP contribution in [0.3, 0.4) is 0 Å². The van der Waals surface area contributed by atoms with Crippen molar-refractivity contribution in [2.75, 3.05) is 0 Å². The zero-order chi connectivity index (χ0) is 13.6. The van der Waals surface area contributed by atoms with Gasteiger partial charge in [-0.1, -0.05) is 0 Å². The van der Waals surface area contributed by atoms with Crippen molar-refractivity contribution in [1.29, 1.82) is 0 Å². The van der Waals surface area contributed by atoms with Gasteiger partial charge in [-0.3, -0.25) is 9.59 Å². The van der Waals surface area contributed by atoms with Crippen LogP contribution in [0.1, 0.15) is 50.2 Å². The quantitative estimate of drug-likeness (QED) is 0.777. The van der Waals surface area contributed by atoms with E-state index in [0.29, 0.717) is 12.1 Å². The van der Waals surface area contributed by atoms with Gasteiger partial charge in [-0.25, -0.2) is 0 Å². The third kappa shape index (κ3) is 1.67. The Morgan fingerprint density at radius 3 is 2.84 bits per heavy atom. The molecule has 1 aliphatic carbocycles. The number of rotatable bonds is 2. The highest BCUT2D eigenvalue weighted by Crippen LogP contribution is 2.36. The summed E-state index contributed by atoms with van der Waals surface area (Å²) < 4.78 is 7.25. The maximum Gasteiger partial charge on any atom is 0.166 e. The van der Waals surface area contributed by atoms with Crippen LogP contribution in [0, 0.1) is 6.92 Å². The van der Waals surface area contributed by atoms with E-state index in [1.807, 2.05) is 30.7 Å². The van der Waals surface area contributed by atoms with E-state index in [1.165, 1.54) is 0 Å². The summed E-state index contributed by atoms with van der Waals surface area (Å²) in [6, 6.07) is 3.74. The van der Waals surface area contributed by atoms with Gasteiger partial charge in [0.25, 0.3) is 0 Å². The highest BCUT2D eigenvalue weighted by atomic mass is 16.3.